The predicted molar refractivity (Wildman–Crippen MR) is 55.5 cm³/mol. The molecule has 1 heterocycles. The van der Waals surface area contributed by atoms with Crippen molar-refractivity contribution in [3.05, 3.63) is 29.8 Å². The molecule has 0 spiro atoms. The van der Waals surface area contributed by atoms with Crippen molar-refractivity contribution in [3.8, 4) is 5.75 Å². The molecule has 1 aliphatic heterocycles. The summed E-state index contributed by atoms with van der Waals surface area (Å²) in [4.78, 5) is 0. The molecule has 2 nitrogen and oxygen atoms in total. The van der Waals surface area contributed by atoms with Gasteiger partial charge >= 0.3 is 0 Å². The minimum Gasteiger partial charge on any atom is -0.497 e. The molecular formula is C12H16O2. The molecule has 0 aliphatic carbocycles. The molecule has 1 aromatic rings. The lowest BCUT2D eigenvalue weighted by Gasteiger charge is -2.23. The van der Waals surface area contributed by atoms with Crippen molar-refractivity contribution < 1.29 is 9.47 Å². The Morgan fingerprint density at radius 1 is 1.29 bits per heavy atom. The highest BCUT2D eigenvalue weighted by molar-refractivity contribution is 5.30. The van der Waals surface area contributed by atoms with E-state index in [1.54, 1.807) is 7.11 Å². The first-order chi connectivity index (χ1) is 6.74. The van der Waals surface area contributed by atoms with Gasteiger partial charge in [0.15, 0.2) is 0 Å². The van der Waals surface area contributed by atoms with Gasteiger partial charge in [-0.25, -0.2) is 0 Å². The highest BCUT2D eigenvalue weighted by Gasteiger charge is 2.31. The van der Waals surface area contributed by atoms with Gasteiger partial charge in [0, 0.05) is 6.61 Å². The molecule has 76 valence electrons. The van der Waals surface area contributed by atoms with Crippen LogP contribution in [0.15, 0.2) is 24.3 Å². The van der Waals surface area contributed by atoms with Gasteiger partial charge in [0.05, 0.1) is 12.7 Å². The summed E-state index contributed by atoms with van der Waals surface area (Å²) in [6.45, 7) is 3.03. The zero-order chi connectivity index (χ0) is 10.0. The molecule has 0 bridgehead atoms. The van der Waals surface area contributed by atoms with Crippen molar-refractivity contribution in [1.82, 2.24) is 0 Å². The van der Waals surface area contributed by atoms with Gasteiger partial charge < -0.3 is 9.47 Å². The van der Waals surface area contributed by atoms with Gasteiger partial charge in [0.1, 0.15) is 5.75 Å². The van der Waals surface area contributed by atoms with E-state index in [9.17, 15) is 0 Å². The van der Waals surface area contributed by atoms with E-state index >= 15 is 0 Å². The first-order valence-corrected chi connectivity index (χ1v) is 5.03. The van der Waals surface area contributed by atoms with Crippen molar-refractivity contribution in [2.75, 3.05) is 13.7 Å². The third kappa shape index (κ3) is 1.62. The van der Waals surface area contributed by atoms with Gasteiger partial charge in [-0.2, -0.15) is 0 Å². The maximum atomic E-state index is 5.76. The molecule has 1 atom stereocenters. The Morgan fingerprint density at radius 3 is 2.50 bits per heavy atom. The van der Waals surface area contributed by atoms with Crippen LogP contribution >= 0.6 is 0 Å². The molecule has 1 fully saturated rings. The fourth-order valence-corrected chi connectivity index (χ4v) is 1.95. The Hall–Kier alpha value is -1.02. The molecule has 1 saturated heterocycles. The van der Waals surface area contributed by atoms with Gasteiger partial charge in [-0.1, -0.05) is 12.1 Å². The van der Waals surface area contributed by atoms with Gasteiger partial charge in [-0.05, 0) is 37.5 Å². The zero-order valence-electron chi connectivity index (χ0n) is 8.75. The normalized spacial score (nSPS) is 26.4. The molecule has 2 heteroatoms. The van der Waals surface area contributed by atoms with Crippen LogP contribution in [-0.4, -0.2) is 13.7 Å². The standard InChI is InChI=1S/C12H16O2/c1-12(8-3-9-14-12)10-4-6-11(13-2)7-5-10/h4-7H,3,8-9H2,1-2H3/t12-/m0/s1. The average Bonchev–Trinajstić information content (AvgIpc) is 2.67. The molecule has 0 amide bonds. The highest BCUT2D eigenvalue weighted by Crippen LogP contribution is 2.35. The molecule has 0 saturated carbocycles. The third-order valence-electron chi connectivity index (χ3n) is 2.92. The van der Waals surface area contributed by atoms with Crippen molar-refractivity contribution in [3.63, 3.8) is 0 Å². The Kier molecular flexibility index (Phi) is 2.46. The predicted octanol–water partition coefficient (Wildman–Crippen LogP) is 2.72. The van der Waals surface area contributed by atoms with Crippen LogP contribution in [-0.2, 0) is 10.3 Å². The lowest BCUT2D eigenvalue weighted by molar-refractivity contribution is 0.0168. The summed E-state index contributed by atoms with van der Waals surface area (Å²) < 4.78 is 10.9. The van der Waals surface area contributed by atoms with Gasteiger partial charge in [-0.15, -0.1) is 0 Å². The molecular weight excluding hydrogens is 176 g/mol. The maximum absolute atomic E-state index is 5.76. The fourth-order valence-electron chi connectivity index (χ4n) is 1.95. The summed E-state index contributed by atoms with van der Waals surface area (Å²) >= 11 is 0. The maximum Gasteiger partial charge on any atom is 0.118 e. The average molecular weight is 192 g/mol. The van der Waals surface area contributed by atoms with Gasteiger partial charge in [0.2, 0.25) is 0 Å². The van der Waals surface area contributed by atoms with E-state index < -0.39 is 0 Å². The summed E-state index contributed by atoms with van der Waals surface area (Å²) in [5.41, 5.74) is 1.17. The molecule has 2 rings (SSSR count). The Morgan fingerprint density at radius 2 is 2.00 bits per heavy atom. The smallest absolute Gasteiger partial charge is 0.118 e. The molecule has 0 N–H and O–H groups in total. The third-order valence-corrected chi connectivity index (χ3v) is 2.92. The van der Waals surface area contributed by atoms with Crippen molar-refractivity contribution in [1.29, 1.82) is 0 Å². The summed E-state index contributed by atoms with van der Waals surface area (Å²) in [5, 5.41) is 0. The molecule has 0 unspecified atom stereocenters. The number of hydrogen-bond donors (Lipinski definition) is 0. The second-order valence-electron chi connectivity index (χ2n) is 3.91. The highest BCUT2D eigenvalue weighted by atomic mass is 16.5. The lowest BCUT2D eigenvalue weighted by Crippen LogP contribution is -2.19. The van der Waals surface area contributed by atoms with Crippen LogP contribution in [0.3, 0.4) is 0 Å². The summed E-state index contributed by atoms with van der Waals surface area (Å²) in [5.74, 6) is 0.898. The molecule has 0 radical (unpaired) electrons. The number of ether oxygens (including phenoxy) is 2. The topological polar surface area (TPSA) is 18.5 Å². The fraction of sp³-hybridized carbons (Fsp3) is 0.500. The van der Waals surface area contributed by atoms with Crippen LogP contribution < -0.4 is 4.74 Å². The van der Waals surface area contributed by atoms with E-state index in [4.69, 9.17) is 9.47 Å². The minimum atomic E-state index is -0.0771. The summed E-state index contributed by atoms with van der Waals surface area (Å²) in [6, 6.07) is 8.15. The lowest BCUT2D eigenvalue weighted by atomic mass is 9.93. The van der Waals surface area contributed by atoms with E-state index in [1.807, 2.05) is 12.1 Å². The Balaban J connectivity index is 2.23. The minimum absolute atomic E-state index is 0.0771. The first kappa shape index (κ1) is 9.53. The molecule has 1 aromatic carbocycles. The number of benzene rings is 1. The Bertz CT molecular complexity index is 297. The molecule has 1 aliphatic rings. The van der Waals surface area contributed by atoms with Gasteiger partial charge in [0.25, 0.3) is 0 Å². The number of rotatable bonds is 2. The largest absolute Gasteiger partial charge is 0.497 e. The second-order valence-corrected chi connectivity index (χ2v) is 3.91. The SMILES string of the molecule is COc1ccc([C@]2(C)CCCO2)cc1. The van der Waals surface area contributed by atoms with E-state index in [0.29, 0.717) is 0 Å². The summed E-state index contributed by atoms with van der Waals surface area (Å²) in [7, 11) is 1.68. The van der Waals surface area contributed by atoms with Crippen LogP contribution in [0, 0.1) is 0 Å². The van der Waals surface area contributed by atoms with Crippen LogP contribution in [0.4, 0.5) is 0 Å². The second kappa shape index (κ2) is 3.62. The van der Waals surface area contributed by atoms with Gasteiger partial charge in [-0.3, -0.25) is 0 Å². The van der Waals surface area contributed by atoms with Crippen molar-refractivity contribution in [2.24, 2.45) is 0 Å². The first-order valence-electron chi connectivity index (χ1n) is 5.03. The quantitative estimate of drug-likeness (QED) is 0.717. The molecule has 0 aromatic heterocycles. The monoisotopic (exact) mass is 192 g/mol. The number of methoxy groups -OCH3 is 1. The number of hydrogen-bond acceptors (Lipinski definition) is 2. The zero-order valence-corrected chi connectivity index (χ0v) is 8.75. The van der Waals surface area contributed by atoms with Crippen LogP contribution in [0.25, 0.3) is 0 Å². The van der Waals surface area contributed by atoms with E-state index in [-0.39, 0.29) is 5.60 Å². The van der Waals surface area contributed by atoms with Crippen molar-refractivity contribution in [2.45, 2.75) is 25.4 Å². The van der Waals surface area contributed by atoms with E-state index in [0.717, 1.165) is 25.2 Å². The summed E-state index contributed by atoms with van der Waals surface area (Å²) in [6.07, 6.45) is 2.27. The molecule has 14 heavy (non-hydrogen) atoms. The van der Waals surface area contributed by atoms with E-state index in [2.05, 4.69) is 19.1 Å². The Labute approximate surface area is 84.8 Å². The van der Waals surface area contributed by atoms with Crippen LogP contribution in [0.2, 0.25) is 0 Å². The van der Waals surface area contributed by atoms with Crippen molar-refractivity contribution >= 4 is 0 Å². The van der Waals surface area contributed by atoms with Crippen LogP contribution in [0.5, 0.6) is 5.75 Å². The van der Waals surface area contributed by atoms with Crippen LogP contribution in [0.1, 0.15) is 25.3 Å². The van der Waals surface area contributed by atoms with E-state index in [1.165, 1.54) is 5.56 Å².